The van der Waals surface area contributed by atoms with E-state index in [1.54, 1.807) is 16.7 Å². The summed E-state index contributed by atoms with van der Waals surface area (Å²) in [7, 11) is 0. The molecule has 3 rings (SSSR count). The number of fused-ring (bicyclic) bond motifs is 1. The summed E-state index contributed by atoms with van der Waals surface area (Å²) >= 11 is 0. The number of benzene rings is 2. The van der Waals surface area contributed by atoms with Crippen LogP contribution in [0.1, 0.15) is 12.0 Å². The number of nitrogens with zero attached hydrogens (tertiary/aromatic N) is 2. The average molecular weight is 338 g/mol. The number of non-ortho nitro benzene ring substituents is 1. The Hall–Kier alpha value is -3.15. The Bertz CT molecular complexity index is 979. The second-order valence-electron chi connectivity index (χ2n) is 5.84. The quantitative estimate of drug-likeness (QED) is 0.390. The molecule has 6 nitrogen and oxygen atoms in total. The van der Waals surface area contributed by atoms with Gasteiger partial charge in [-0.15, -0.1) is 0 Å². The van der Waals surface area contributed by atoms with Crippen LogP contribution in [0.3, 0.4) is 0 Å². The molecule has 2 aromatic carbocycles. The Morgan fingerprint density at radius 2 is 1.96 bits per heavy atom. The van der Waals surface area contributed by atoms with Crippen LogP contribution in [0.4, 0.5) is 5.69 Å². The van der Waals surface area contributed by atoms with E-state index in [4.69, 9.17) is 4.74 Å². The van der Waals surface area contributed by atoms with Gasteiger partial charge in [0.15, 0.2) is 0 Å². The van der Waals surface area contributed by atoms with E-state index in [1.807, 2.05) is 31.2 Å². The van der Waals surface area contributed by atoms with Gasteiger partial charge in [-0.1, -0.05) is 12.1 Å². The van der Waals surface area contributed by atoms with Crippen molar-refractivity contribution in [1.82, 2.24) is 4.57 Å². The number of nitro benzene ring substituents is 1. The lowest BCUT2D eigenvalue weighted by Crippen LogP contribution is -2.20. The lowest BCUT2D eigenvalue weighted by molar-refractivity contribution is -0.384. The summed E-state index contributed by atoms with van der Waals surface area (Å²) in [4.78, 5) is 22.6. The van der Waals surface area contributed by atoms with Gasteiger partial charge in [-0.2, -0.15) is 0 Å². The molecule has 0 fully saturated rings. The minimum absolute atomic E-state index is 0.0143. The van der Waals surface area contributed by atoms with Crippen molar-refractivity contribution in [3.05, 3.63) is 80.6 Å². The first kappa shape index (κ1) is 16.7. The van der Waals surface area contributed by atoms with Crippen LogP contribution in [0, 0.1) is 17.0 Å². The predicted octanol–water partition coefficient (Wildman–Crippen LogP) is 3.69. The van der Waals surface area contributed by atoms with E-state index in [2.05, 4.69) is 0 Å². The highest BCUT2D eigenvalue weighted by Gasteiger charge is 2.09. The third kappa shape index (κ3) is 3.85. The van der Waals surface area contributed by atoms with E-state index in [1.165, 1.54) is 18.2 Å². The molecule has 0 N–H and O–H groups in total. The summed E-state index contributed by atoms with van der Waals surface area (Å²) < 4.78 is 7.33. The molecule has 0 saturated carbocycles. The number of aromatic nitrogens is 1. The lowest BCUT2D eigenvalue weighted by atomic mass is 10.2. The second-order valence-corrected chi connectivity index (χ2v) is 5.84. The number of hydrogen-bond acceptors (Lipinski definition) is 4. The summed E-state index contributed by atoms with van der Waals surface area (Å²) in [5.74, 6) is 0.806. The number of pyridine rings is 1. The van der Waals surface area contributed by atoms with Gasteiger partial charge in [0, 0.05) is 30.1 Å². The fourth-order valence-electron chi connectivity index (χ4n) is 2.75. The fourth-order valence-corrected chi connectivity index (χ4v) is 2.75. The standard InChI is InChI=1S/C19H18N2O4/c1-14-4-2-5-17(12-14)25-11-3-10-20-18-8-7-16(21(23)24)13-15(18)6-9-19(20)22/h2,4-9,12-13H,3,10-11H2,1H3. The van der Waals surface area contributed by atoms with Crippen LogP contribution in [0.25, 0.3) is 10.9 Å². The molecule has 0 bridgehead atoms. The van der Waals surface area contributed by atoms with Gasteiger partial charge in [-0.3, -0.25) is 14.9 Å². The molecule has 1 aromatic heterocycles. The van der Waals surface area contributed by atoms with Gasteiger partial charge in [0.1, 0.15) is 5.75 Å². The normalized spacial score (nSPS) is 10.8. The number of rotatable bonds is 6. The molecular weight excluding hydrogens is 320 g/mol. The molecule has 6 heteroatoms. The van der Waals surface area contributed by atoms with Crippen LogP contribution >= 0.6 is 0 Å². The summed E-state index contributed by atoms with van der Waals surface area (Å²) in [6.45, 7) is 2.97. The predicted molar refractivity (Wildman–Crippen MR) is 96.2 cm³/mol. The molecule has 0 amide bonds. The Kier molecular flexibility index (Phi) is 4.79. The first-order valence-electron chi connectivity index (χ1n) is 8.02. The van der Waals surface area contributed by atoms with Crippen molar-refractivity contribution in [3.63, 3.8) is 0 Å². The Labute approximate surface area is 144 Å². The molecule has 0 radical (unpaired) electrons. The summed E-state index contributed by atoms with van der Waals surface area (Å²) in [5.41, 5.74) is 1.70. The molecule has 0 unspecified atom stereocenters. The van der Waals surface area contributed by atoms with Crippen molar-refractivity contribution < 1.29 is 9.66 Å². The van der Waals surface area contributed by atoms with Crippen LogP contribution in [0.2, 0.25) is 0 Å². The molecule has 128 valence electrons. The topological polar surface area (TPSA) is 74.4 Å². The van der Waals surface area contributed by atoms with E-state index in [-0.39, 0.29) is 11.2 Å². The maximum absolute atomic E-state index is 12.1. The molecular formula is C19H18N2O4. The molecule has 0 atom stereocenters. The van der Waals surface area contributed by atoms with Gasteiger partial charge >= 0.3 is 0 Å². The average Bonchev–Trinajstić information content (AvgIpc) is 2.59. The lowest BCUT2D eigenvalue weighted by Gasteiger charge is -2.11. The Morgan fingerprint density at radius 3 is 2.72 bits per heavy atom. The van der Waals surface area contributed by atoms with Gasteiger partial charge < -0.3 is 9.30 Å². The zero-order valence-electron chi connectivity index (χ0n) is 13.8. The third-order valence-corrected chi connectivity index (χ3v) is 3.97. The molecule has 0 aliphatic heterocycles. The zero-order valence-corrected chi connectivity index (χ0v) is 13.8. The van der Waals surface area contributed by atoms with Crippen molar-refractivity contribution in [2.45, 2.75) is 19.9 Å². The number of aryl methyl sites for hydroxylation is 2. The molecule has 3 aromatic rings. The van der Waals surface area contributed by atoms with Crippen molar-refractivity contribution in [2.75, 3.05) is 6.61 Å². The summed E-state index contributed by atoms with van der Waals surface area (Å²) in [6, 6.07) is 15.4. The highest BCUT2D eigenvalue weighted by molar-refractivity contribution is 5.81. The van der Waals surface area contributed by atoms with E-state index >= 15 is 0 Å². The van der Waals surface area contributed by atoms with E-state index in [0.29, 0.717) is 30.5 Å². The van der Waals surface area contributed by atoms with E-state index in [0.717, 1.165) is 11.3 Å². The van der Waals surface area contributed by atoms with Gasteiger partial charge in [-0.05, 0) is 43.2 Å². The fraction of sp³-hybridized carbons (Fsp3) is 0.211. The SMILES string of the molecule is Cc1cccc(OCCCn2c(=O)ccc3cc([N+](=O)[O-])ccc32)c1. The highest BCUT2D eigenvalue weighted by Crippen LogP contribution is 2.20. The number of nitro groups is 1. The van der Waals surface area contributed by atoms with Crippen LogP contribution in [0.15, 0.2) is 59.4 Å². The Morgan fingerprint density at radius 1 is 1.12 bits per heavy atom. The van der Waals surface area contributed by atoms with Gasteiger partial charge in [0.2, 0.25) is 0 Å². The molecule has 0 aliphatic rings. The maximum Gasteiger partial charge on any atom is 0.270 e. The Balaban J connectivity index is 1.73. The monoisotopic (exact) mass is 338 g/mol. The minimum Gasteiger partial charge on any atom is -0.494 e. The van der Waals surface area contributed by atoms with Crippen molar-refractivity contribution in [1.29, 1.82) is 0 Å². The molecule has 25 heavy (non-hydrogen) atoms. The van der Waals surface area contributed by atoms with Gasteiger partial charge in [0.25, 0.3) is 11.2 Å². The third-order valence-electron chi connectivity index (χ3n) is 3.97. The largest absolute Gasteiger partial charge is 0.494 e. The van der Waals surface area contributed by atoms with Crippen LogP contribution in [-0.2, 0) is 6.54 Å². The van der Waals surface area contributed by atoms with E-state index in [9.17, 15) is 14.9 Å². The molecule has 0 saturated heterocycles. The van der Waals surface area contributed by atoms with Crippen molar-refractivity contribution >= 4 is 16.6 Å². The maximum atomic E-state index is 12.1. The van der Waals surface area contributed by atoms with Gasteiger partial charge in [-0.25, -0.2) is 0 Å². The van der Waals surface area contributed by atoms with Crippen molar-refractivity contribution in [3.8, 4) is 5.75 Å². The first-order chi connectivity index (χ1) is 12.0. The molecule has 0 spiro atoms. The number of ether oxygens (including phenoxy) is 1. The smallest absolute Gasteiger partial charge is 0.270 e. The minimum atomic E-state index is -0.440. The van der Waals surface area contributed by atoms with Crippen LogP contribution < -0.4 is 10.3 Å². The zero-order chi connectivity index (χ0) is 17.8. The van der Waals surface area contributed by atoms with Crippen LogP contribution in [0.5, 0.6) is 5.75 Å². The molecule has 1 heterocycles. The van der Waals surface area contributed by atoms with Crippen molar-refractivity contribution in [2.24, 2.45) is 0 Å². The van der Waals surface area contributed by atoms with Gasteiger partial charge in [0.05, 0.1) is 17.0 Å². The second kappa shape index (κ2) is 7.17. The molecule has 0 aliphatic carbocycles. The highest BCUT2D eigenvalue weighted by atomic mass is 16.6. The first-order valence-corrected chi connectivity index (χ1v) is 8.02. The van der Waals surface area contributed by atoms with Crippen LogP contribution in [-0.4, -0.2) is 16.1 Å². The summed E-state index contributed by atoms with van der Waals surface area (Å²) in [5, 5.41) is 11.6. The summed E-state index contributed by atoms with van der Waals surface area (Å²) in [6.07, 6.45) is 0.657. The van der Waals surface area contributed by atoms with E-state index < -0.39 is 4.92 Å². The number of hydrogen-bond donors (Lipinski definition) is 0.